The molecule has 0 radical (unpaired) electrons. The molecule has 2 heterocycles. The maximum atomic E-state index is 12.3. The molecule has 0 saturated carbocycles. The Kier molecular flexibility index (Phi) is 3.47. The van der Waals surface area contributed by atoms with Gasteiger partial charge in [0.05, 0.1) is 10.8 Å². The minimum atomic E-state index is -0.487. The number of hydrogen-bond acceptors (Lipinski definition) is 4. The Labute approximate surface area is 124 Å². The highest BCUT2D eigenvalue weighted by molar-refractivity contribution is 9.10. The summed E-state index contributed by atoms with van der Waals surface area (Å²) in [7, 11) is 0. The minimum absolute atomic E-state index is 0.0861. The van der Waals surface area contributed by atoms with Gasteiger partial charge in [-0.3, -0.25) is 14.9 Å². The van der Waals surface area contributed by atoms with Crippen molar-refractivity contribution >= 4 is 33.2 Å². The highest BCUT2D eigenvalue weighted by atomic mass is 79.9. The summed E-state index contributed by atoms with van der Waals surface area (Å²) in [5.74, 6) is -0.216. The molecule has 2 aliphatic rings. The maximum Gasteiger partial charge on any atom is 0.293 e. The lowest BCUT2D eigenvalue weighted by molar-refractivity contribution is -0.384. The molecular formula is C13H14BrN3O3. The van der Waals surface area contributed by atoms with Crippen LogP contribution in [0.2, 0.25) is 0 Å². The first kappa shape index (κ1) is 13.5. The van der Waals surface area contributed by atoms with Gasteiger partial charge in [-0.1, -0.05) is 15.9 Å². The Bertz CT molecular complexity index is 578. The van der Waals surface area contributed by atoms with Crippen LogP contribution in [-0.2, 0) is 4.79 Å². The molecule has 1 aromatic carbocycles. The van der Waals surface area contributed by atoms with Gasteiger partial charge < -0.3 is 10.6 Å². The molecule has 1 aromatic rings. The van der Waals surface area contributed by atoms with Crippen molar-refractivity contribution in [3.63, 3.8) is 0 Å². The highest BCUT2D eigenvalue weighted by Crippen LogP contribution is 2.35. The van der Waals surface area contributed by atoms with Gasteiger partial charge in [0, 0.05) is 22.6 Å². The summed E-state index contributed by atoms with van der Waals surface area (Å²) >= 11 is 3.20. The van der Waals surface area contributed by atoms with Gasteiger partial charge in [0.15, 0.2) is 0 Å². The number of anilines is 1. The van der Waals surface area contributed by atoms with Gasteiger partial charge in [-0.25, -0.2) is 0 Å². The SMILES string of the molecule is O=C(Nc1ccc(Br)cc1[N+](=O)[O-])C1CC2CCC1N2. The van der Waals surface area contributed by atoms with Crippen LogP contribution in [0.4, 0.5) is 11.4 Å². The molecule has 20 heavy (non-hydrogen) atoms. The third-order valence-corrected chi connectivity index (χ3v) is 4.54. The first-order chi connectivity index (χ1) is 9.54. The number of amides is 1. The Balaban J connectivity index is 1.78. The van der Waals surface area contributed by atoms with E-state index >= 15 is 0 Å². The van der Waals surface area contributed by atoms with Crippen LogP contribution in [-0.4, -0.2) is 22.9 Å². The Morgan fingerprint density at radius 2 is 2.25 bits per heavy atom. The molecule has 3 unspecified atom stereocenters. The molecule has 1 amide bonds. The molecule has 3 atom stereocenters. The number of rotatable bonds is 3. The van der Waals surface area contributed by atoms with Crippen molar-refractivity contribution in [3.8, 4) is 0 Å². The summed E-state index contributed by atoms with van der Waals surface area (Å²) in [6.45, 7) is 0. The number of carbonyl (C=O) groups is 1. The molecule has 0 aliphatic carbocycles. The molecule has 0 aromatic heterocycles. The lowest BCUT2D eigenvalue weighted by Gasteiger charge is -2.19. The fraction of sp³-hybridized carbons (Fsp3) is 0.462. The highest BCUT2D eigenvalue weighted by Gasteiger charge is 2.43. The van der Waals surface area contributed by atoms with Gasteiger partial charge in [0.1, 0.15) is 5.69 Å². The third-order valence-electron chi connectivity index (χ3n) is 4.05. The van der Waals surface area contributed by atoms with E-state index in [1.54, 1.807) is 12.1 Å². The summed E-state index contributed by atoms with van der Waals surface area (Å²) in [5, 5.41) is 17.1. The fourth-order valence-corrected chi connectivity index (χ4v) is 3.45. The monoisotopic (exact) mass is 339 g/mol. The van der Waals surface area contributed by atoms with Crippen molar-refractivity contribution in [2.24, 2.45) is 5.92 Å². The number of carbonyl (C=O) groups excluding carboxylic acids is 1. The zero-order valence-electron chi connectivity index (χ0n) is 10.6. The number of benzene rings is 1. The summed E-state index contributed by atoms with van der Waals surface area (Å²) in [6, 6.07) is 5.28. The van der Waals surface area contributed by atoms with E-state index in [9.17, 15) is 14.9 Å². The summed E-state index contributed by atoms with van der Waals surface area (Å²) in [4.78, 5) is 22.8. The van der Waals surface area contributed by atoms with Crippen molar-refractivity contribution in [1.29, 1.82) is 0 Å². The Hall–Kier alpha value is -1.47. The molecule has 2 aliphatic heterocycles. The zero-order chi connectivity index (χ0) is 14.3. The van der Waals surface area contributed by atoms with Gasteiger partial charge in [-0.15, -0.1) is 0 Å². The van der Waals surface area contributed by atoms with E-state index in [2.05, 4.69) is 26.6 Å². The maximum absolute atomic E-state index is 12.3. The summed E-state index contributed by atoms with van der Waals surface area (Å²) < 4.78 is 0.615. The molecule has 2 fully saturated rings. The van der Waals surface area contributed by atoms with Crippen molar-refractivity contribution in [2.45, 2.75) is 31.3 Å². The van der Waals surface area contributed by atoms with E-state index in [1.165, 1.54) is 6.07 Å². The Morgan fingerprint density at radius 3 is 2.85 bits per heavy atom. The molecular weight excluding hydrogens is 326 g/mol. The number of halogens is 1. The average Bonchev–Trinajstić information content (AvgIpc) is 3.03. The normalized spacial score (nSPS) is 27.6. The van der Waals surface area contributed by atoms with Crippen LogP contribution in [0.15, 0.2) is 22.7 Å². The van der Waals surface area contributed by atoms with Gasteiger partial charge in [0.2, 0.25) is 5.91 Å². The molecule has 0 spiro atoms. The van der Waals surface area contributed by atoms with Gasteiger partial charge >= 0.3 is 0 Å². The second-order valence-electron chi connectivity index (χ2n) is 5.30. The zero-order valence-corrected chi connectivity index (χ0v) is 12.2. The van der Waals surface area contributed by atoms with Gasteiger partial charge in [0.25, 0.3) is 5.69 Å². The molecule has 106 valence electrons. The molecule has 6 nitrogen and oxygen atoms in total. The molecule has 3 rings (SSSR count). The van der Waals surface area contributed by atoms with E-state index in [1.807, 2.05) is 0 Å². The van der Waals surface area contributed by atoms with E-state index < -0.39 is 4.92 Å². The molecule has 7 heteroatoms. The van der Waals surface area contributed by atoms with E-state index in [0.29, 0.717) is 10.5 Å². The van der Waals surface area contributed by atoms with Crippen LogP contribution in [0.3, 0.4) is 0 Å². The topological polar surface area (TPSA) is 84.3 Å². The standard InChI is InChI=1S/C13H14BrN3O3/c14-7-1-3-11(12(5-7)17(19)20)16-13(18)9-6-8-2-4-10(9)15-8/h1,3,5,8-10,15H,2,4,6H2,(H,16,18). The number of nitrogens with one attached hydrogen (secondary N) is 2. The lowest BCUT2D eigenvalue weighted by atomic mass is 9.88. The first-order valence-corrected chi connectivity index (χ1v) is 7.35. The number of nitrogens with zero attached hydrogens (tertiary/aromatic N) is 1. The van der Waals surface area contributed by atoms with Crippen LogP contribution in [0.5, 0.6) is 0 Å². The molecule has 2 bridgehead atoms. The second kappa shape index (κ2) is 5.14. The molecule has 2 N–H and O–H groups in total. The van der Waals surface area contributed by atoms with Crippen molar-refractivity contribution in [1.82, 2.24) is 5.32 Å². The largest absolute Gasteiger partial charge is 0.320 e. The Morgan fingerprint density at radius 1 is 1.45 bits per heavy atom. The van der Waals surface area contributed by atoms with E-state index in [4.69, 9.17) is 0 Å². The van der Waals surface area contributed by atoms with Crippen LogP contribution >= 0.6 is 15.9 Å². The number of nitro benzene ring substituents is 1. The second-order valence-corrected chi connectivity index (χ2v) is 6.21. The van der Waals surface area contributed by atoms with Crippen LogP contribution < -0.4 is 10.6 Å². The summed E-state index contributed by atoms with van der Waals surface area (Å²) in [5.41, 5.74) is 0.162. The van der Waals surface area contributed by atoms with Crippen molar-refractivity contribution in [3.05, 3.63) is 32.8 Å². The van der Waals surface area contributed by atoms with Crippen LogP contribution in [0.1, 0.15) is 19.3 Å². The first-order valence-electron chi connectivity index (χ1n) is 6.55. The summed E-state index contributed by atoms with van der Waals surface area (Å²) in [6.07, 6.45) is 2.94. The molecule has 2 saturated heterocycles. The van der Waals surface area contributed by atoms with Crippen LogP contribution in [0, 0.1) is 16.0 Å². The van der Waals surface area contributed by atoms with Crippen molar-refractivity contribution < 1.29 is 9.72 Å². The van der Waals surface area contributed by atoms with Gasteiger partial charge in [-0.2, -0.15) is 0 Å². The predicted molar refractivity (Wildman–Crippen MR) is 77.5 cm³/mol. The smallest absolute Gasteiger partial charge is 0.293 e. The number of fused-ring (bicyclic) bond motifs is 2. The van der Waals surface area contributed by atoms with E-state index in [-0.39, 0.29) is 29.2 Å². The fourth-order valence-electron chi connectivity index (χ4n) is 3.10. The van der Waals surface area contributed by atoms with E-state index in [0.717, 1.165) is 19.3 Å². The van der Waals surface area contributed by atoms with Gasteiger partial charge in [-0.05, 0) is 31.4 Å². The van der Waals surface area contributed by atoms with Crippen LogP contribution in [0.25, 0.3) is 0 Å². The third kappa shape index (κ3) is 2.43. The van der Waals surface area contributed by atoms with Crippen molar-refractivity contribution in [2.75, 3.05) is 5.32 Å². The predicted octanol–water partition coefficient (Wildman–Crippen LogP) is 2.44. The average molecular weight is 340 g/mol. The lowest BCUT2D eigenvalue weighted by Crippen LogP contribution is -2.33. The number of nitro groups is 1. The minimum Gasteiger partial charge on any atom is -0.320 e. The number of hydrogen-bond donors (Lipinski definition) is 2. The quantitative estimate of drug-likeness (QED) is 0.654.